The molecule has 0 saturated carbocycles. The minimum Gasteiger partial charge on any atom is -0.465 e. The van der Waals surface area contributed by atoms with Gasteiger partial charge in [0.25, 0.3) is 0 Å². The van der Waals surface area contributed by atoms with Crippen LogP contribution >= 0.6 is 0 Å². The fourth-order valence-electron chi connectivity index (χ4n) is 1.46. The topological polar surface area (TPSA) is 74.4 Å². The fourth-order valence-corrected chi connectivity index (χ4v) is 1.46. The van der Waals surface area contributed by atoms with Gasteiger partial charge in [-0.25, -0.2) is 4.79 Å². The molecule has 0 aliphatic rings. The Morgan fingerprint density at radius 1 is 1.28 bits per heavy atom. The highest BCUT2D eigenvalue weighted by Crippen LogP contribution is 2.31. The first-order valence-corrected chi connectivity index (χ1v) is 5.27. The number of aromatic nitrogens is 1. The van der Waals surface area contributed by atoms with Gasteiger partial charge in [-0.2, -0.15) is 0 Å². The number of para-hydroxylation sites is 1. The molecule has 5 nitrogen and oxygen atoms in total. The van der Waals surface area contributed by atoms with E-state index in [-0.39, 0.29) is 11.3 Å². The summed E-state index contributed by atoms with van der Waals surface area (Å²) in [5, 5.41) is 0. The van der Waals surface area contributed by atoms with E-state index in [2.05, 4.69) is 9.72 Å². The molecule has 2 rings (SSSR count). The van der Waals surface area contributed by atoms with E-state index in [0.717, 1.165) is 0 Å². The highest BCUT2D eigenvalue weighted by molar-refractivity contribution is 5.94. The molecule has 0 aliphatic carbocycles. The Bertz CT molecular complexity index is 555. The van der Waals surface area contributed by atoms with E-state index >= 15 is 0 Å². The van der Waals surface area contributed by atoms with Crippen LogP contribution in [0, 0.1) is 0 Å². The number of hydrogen-bond donors (Lipinski definition) is 1. The van der Waals surface area contributed by atoms with Crippen molar-refractivity contribution >= 4 is 11.7 Å². The van der Waals surface area contributed by atoms with Crippen LogP contribution in [-0.4, -0.2) is 18.1 Å². The van der Waals surface area contributed by atoms with Gasteiger partial charge in [0.05, 0.1) is 19.0 Å². The van der Waals surface area contributed by atoms with Crippen LogP contribution in [0.4, 0.5) is 5.69 Å². The maximum absolute atomic E-state index is 11.6. The Morgan fingerprint density at radius 2 is 2.11 bits per heavy atom. The number of nitrogens with zero attached hydrogens (tertiary/aromatic N) is 1. The molecule has 1 aromatic carbocycles. The summed E-state index contributed by atoms with van der Waals surface area (Å²) in [4.78, 5) is 15.5. The number of methoxy groups -OCH3 is 1. The predicted molar refractivity (Wildman–Crippen MR) is 66.5 cm³/mol. The second-order valence-electron chi connectivity index (χ2n) is 3.51. The van der Waals surface area contributed by atoms with Crippen molar-refractivity contribution in [1.29, 1.82) is 0 Å². The van der Waals surface area contributed by atoms with Crippen LogP contribution in [0.15, 0.2) is 42.7 Å². The molecular formula is C13H12N2O3. The molecule has 1 heterocycles. The van der Waals surface area contributed by atoms with Crippen LogP contribution in [0.25, 0.3) is 0 Å². The smallest absolute Gasteiger partial charge is 0.341 e. The lowest BCUT2D eigenvalue weighted by atomic mass is 10.1. The Morgan fingerprint density at radius 3 is 2.78 bits per heavy atom. The number of carbonyl (C=O) groups is 1. The van der Waals surface area contributed by atoms with Crippen LogP contribution in [0.5, 0.6) is 11.5 Å². The van der Waals surface area contributed by atoms with Crippen LogP contribution in [0.2, 0.25) is 0 Å². The lowest BCUT2D eigenvalue weighted by Crippen LogP contribution is -2.05. The normalized spacial score (nSPS) is 9.83. The average molecular weight is 244 g/mol. The molecule has 2 aromatic rings. The number of nitrogens with two attached hydrogens (primary N) is 1. The number of pyridine rings is 1. The summed E-state index contributed by atoms with van der Waals surface area (Å²) in [6, 6.07) is 8.36. The minimum atomic E-state index is -0.499. The molecule has 0 saturated heterocycles. The first-order chi connectivity index (χ1) is 8.72. The lowest BCUT2D eigenvalue weighted by molar-refractivity contribution is 0.0598. The molecule has 0 fully saturated rings. The van der Waals surface area contributed by atoms with Gasteiger partial charge in [-0.05, 0) is 24.3 Å². The number of rotatable bonds is 3. The maximum atomic E-state index is 11.6. The standard InChI is InChI=1S/C13H12N2O3/c1-17-13(16)10-5-2-6-11(14)12(10)18-9-4-3-7-15-8-9/h2-8H,14H2,1H3. The quantitative estimate of drug-likeness (QED) is 0.662. The van der Waals surface area contributed by atoms with E-state index in [1.807, 2.05) is 0 Å². The zero-order valence-electron chi connectivity index (χ0n) is 9.79. The summed E-state index contributed by atoms with van der Waals surface area (Å²) >= 11 is 0. The number of anilines is 1. The Labute approximate surface area is 104 Å². The number of carbonyl (C=O) groups excluding carboxylic acids is 1. The third-order valence-electron chi connectivity index (χ3n) is 2.31. The Kier molecular flexibility index (Phi) is 3.43. The Hall–Kier alpha value is -2.56. The molecule has 0 bridgehead atoms. The van der Waals surface area contributed by atoms with Crippen LogP contribution < -0.4 is 10.5 Å². The van der Waals surface area contributed by atoms with E-state index < -0.39 is 5.97 Å². The van der Waals surface area contributed by atoms with Crippen LogP contribution in [-0.2, 0) is 4.74 Å². The second kappa shape index (κ2) is 5.18. The molecule has 2 N–H and O–H groups in total. The van der Waals surface area contributed by atoms with Gasteiger partial charge in [0.1, 0.15) is 11.3 Å². The fraction of sp³-hybridized carbons (Fsp3) is 0.0769. The molecule has 18 heavy (non-hydrogen) atoms. The number of ether oxygens (including phenoxy) is 2. The van der Waals surface area contributed by atoms with Crippen molar-refractivity contribution in [3.05, 3.63) is 48.3 Å². The number of nitrogen functional groups attached to an aromatic ring is 1. The average Bonchev–Trinajstić information content (AvgIpc) is 2.41. The summed E-state index contributed by atoms with van der Waals surface area (Å²) in [7, 11) is 1.30. The van der Waals surface area contributed by atoms with Gasteiger partial charge in [0.15, 0.2) is 5.75 Å². The molecule has 0 aliphatic heterocycles. The monoisotopic (exact) mass is 244 g/mol. The molecular weight excluding hydrogens is 232 g/mol. The van der Waals surface area contributed by atoms with E-state index in [1.54, 1.807) is 36.5 Å². The SMILES string of the molecule is COC(=O)c1cccc(N)c1Oc1cccnc1. The van der Waals surface area contributed by atoms with Gasteiger partial charge in [-0.15, -0.1) is 0 Å². The molecule has 0 spiro atoms. The Balaban J connectivity index is 2.40. The molecule has 1 aromatic heterocycles. The third-order valence-corrected chi connectivity index (χ3v) is 2.31. The van der Waals surface area contributed by atoms with Gasteiger partial charge in [0.2, 0.25) is 0 Å². The number of benzene rings is 1. The van der Waals surface area contributed by atoms with E-state index in [9.17, 15) is 4.79 Å². The summed E-state index contributed by atoms with van der Waals surface area (Å²) in [6.07, 6.45) is 3.16. The van der Waals surface area contributed by atoms with Gasteiger partial charge in [0, 0.05) is 6.20 Å². The van der Waals surface area contributed by atoms with Crippen molar-refractivity contribution in [2.75, 3.05) is 12.8 Å². The van der Waals surface area contributed by atoms with Gasteiger partial charge in [-0.1, -0.05) is 6.07 Å². The molecule has 92 valence electrons. The summed E-state index contributed by atoms with van der Waals surface area (Å²) in [5.74, 6) is 0.277. The van der Waals surface area contributed by atoms with Gasteiger partial charge >= 0.3 is 5.97 Å². The zero-order chi connectivity index (χ0) is 13.0. The largest absolute Gasteiger partial charge is 0.465 e. The predicted octanol–water partition coefficient (Wildman–Crippen LogP) is 2.24. The van der Waals surface area contributed by atoms with Crippen LogP contribution in [0.3, 0.4) is 0 Å². The molecule has 5 heteroatoms. The van der Waals surface area contributed by atoms with Crippen molar-refractivity contribution in [1.82, 2.24) is 4.98 Å². The minimum absolute atomic E-state index is 0.275. The number of hydrogen-bond acceptors (Lipinski definition) is 5. The van der Waals surface area contributed by atoms with Crippen molar-refractivity contribution in [3.8, 4) is 11.5 Å². The summed E-state index contributed by atoms with van der Waals surface area (Å²) in [6.45, 7) is 0. The summed E-state index contributed by atoms with van der Waals surface area (Å²) in [5.41, 5.74) is 6.45. The highest BCUT2D eigenvalue weighted by atomic mass is 16.5. The molecule has 0 amide bonds. The molecule has 0 radical (unpaired) electrons. The first-order valence-electron chi connectivity index (χ1n) is 5.27. The maximum Gasteiger partial charge on any atom is 0.341 e. The van der Waals surface area contributed by atoms with E-state index in [0.29, 0.717) is 11.4 Å². The summed E-state index contributed by atoms with van der Waals surface area (Å²) < 4.78 is 10.3. The first kappa shape index (κ1) is 11.9. The van der Waals surface area contributed by atoms with Crippen molar-refractivity contribution in [2.24, 2.45) is 0 Å². The molecule has 0 unspecified atom stereocenters. The zero-order valence-corrected chi connectivity index (χ0v) is 9.79. The second-order valence-corrected chi connectivity index (χ2v) is 3.51. The molecule has 0 atom stereocenters. The van der Waals surface area contributed by atoms with Gasteiger partial charge in [-0.3, -0.25) is 4.98 Å². The lowest BCUT2D eigenvalue weighted by Gasteiger charge is -2.11. The van der Waals surface area contributed by atoms with E-state index in [1.165, 1.54) is 13.3 Å². The van der Waals surface area contributed by atoms with Crippen molar-refractivity contribution < 1.29 is 14.3 Å². The van der Waals surface area contributed by atoms with Crippen LogP contribution in [0.1, 0.15) is 10.4 Å². The highest BCUT2D eigenvalue weighted by Gasteiger charge is 2.16. The van der Waals surface area contributed by atoms with Gasteiger partial charge < -0.3 is 15.2 Å². The van der Waals surface area contributed by atoms with Crippen molar-refractivity contribution in [3.63, 3.8) is 0 Å². The van der Waals surface area contributed by atoms with Crippen molar-refractivity contribution in [2.45, 2.75) is 0 Å². The number of esters is 1. The van der Waals surface area contributed by atoms with E-state index in [4.69, 9.17) is 10.5 Å². The third kappa shape index (κ3) is 2.40.